The average Bonchev–Trinajstić information content (AvgIpc) is 2.17. The number of pyridine rings is 1. The standard InChI is InChI=1S/C10H8F5NO2/c1-4-5(2-7(17)18)8(9(11)12)16-3-6(4)10(13,14)15/h3,9H,2H2,1H3,(H,17,18). The van der Waals surface area contributed by atoms with Crippen LogP contribution in [0.25, 0.3) is 0 Å². The van der Waals surface area contributed by atoms with Crippen LogP contribution in [0.15, 0.2) is 6.20 Å². The molecule has 0 amide bonds. The van der Waals surface area contributed by atoms with Gasteiger partial charge in [0, 0.05) is 6.20 Å². The van der Waals surface area contributed by atoms with Gasteiger partial charge >= 0.3 is 12.1 Å². The van der Waals surface area contributed by atoms with Crippen molar-refractivity contribution in [3.8, 4) is 0 Å². The van der Waals surface area contributed by atoms with E-state index in [4.69, 9.17) is 5.11 Å². The van der Waals surface area contributed by atoms with E-state index in [9.17, 15) is 26.7 Å². The first kappa shape index (κ1) is 14.3. The molecule has 1 heterocycles. The lowest BCUT2D eigenvalue weighted by atomic mass is 9.99. The van der Waals surface area contributed by atoms with E-state index in [2.05, 4.69) is 4.98 Å². The van der Waals surface area contributed by atoms with Crippen LogP contribution in [0.5, 0.6) is 0 Å². The summed E-state index contributed by atoms with van der Waals surface area (Å²) in [5.74, 6) is -1.50. The van der Waals surface area contributed by atoms with Gasteiger partial charge in [-0.15, -0.1) is 0 Å². The van der Waals surface area contributed by atoms with Gasteiger partial charge in [-0.25, -0.2) is 8.78 Å². The molecule has 0 aliphatic rings. The number of carbonyl (C=O) groups is 1. The van der Waals surface area contributed by atoms with Crippen molar-refractivity contribution in [2.24, 2.45) is 0 Å². The molecule has 0 spiro atoms. The van der Waals surface area contributed by atoms with E-state index >= 15 is 0 Å². The fourth-order valence-electron chi connectivity index (χ4n) is 1.51. The maximum absolute atomic E-state index is 12.5. The fourth-order valence-corrected chi connectivity index (χ4v) is 1.51. The van der Waals surface area contributed by atoms with Crippen molar-refractivity contribution >= 4 is 5.97 Å². The molecule has 100 valence electrons. The van der Waals surface area contributed by atoms with Gasteiger partial charge in [-0.2, -0.15) is 13.2 Å². The van der Waals surface area contributed by atoms with Crippen LogP contribution in [0, 0.1) is 6.92 Å². The molecule has 0 radical (unpaired) electrons. The van der Waals surface area contributed by atoms with Crippen molar-refractivity contribution in [3.63, 3.8) is 0 Å². The third-order valence-corrected chi connectivity index (χ3v) is 2.34. The van der Waals surface area contributed by atoms with Crippen LogP contribution in [-0.4, -0.2) is 16.1 Å². The molecule has 8 heteroatoms. The Morgan fingerprint density at radius 1 is 1.44 bits per heavy atom. The Balaban J connectivity index is 3.44. The first-order chi connectivity index (χ1) is 8.14. The number of alkyl halides is 5. The highest BCUT2D eigenvalue weighted by Crippen LogP contribution is 2.35. The van der Waals surface area contributed by atoms with Gasteiger partial charge in [0.05, 0.1) is 12.0 Å². The molecule has 0 aliphatic heterocycles. The zero-order valence-corrected chi connectivity index (χ0v) is 9.05. The number of aliphatic carboxylic acids is 1. The van der Waals surface area contributed by atoms with Gasteiger partial charge in [-0.3, -0.25) is 9.78 Å². The van der Waals surface area contributed by atoms with E-state index < -0.39 is 47.4 Å². The van der Waals surface area contributed by atoms with Crippen LogP contribution in [0.2, 0.25) is 0 Å². The zero-order valence-electron chi connectivity index (χ0n) is 9.05. The maximum Gasteiger partial charge on any atom is 0.418 e. The summed E-state index contributed by atoms with van der Waals surface area (Å²) in [6.07, 6.45) is -8.52. The number of hydrogen-bond acceptors (Lipinski definition) is 2. The Kier molecular flexibility index (Phi) is 3.88. The Morgan fingerprint density at radius 3 is 2.39 bits per heavy atom. The molecule has 0 unspecified atom stereocenters. The maximum atomic E-state index is 12.5. The molecule has 1 N–H and O–H groups in total. The molecule has 1 aromatic rings. The van der Waals surface area contributed by atoms with Crippen LogP contribution in [0.3, 0.4) is 0 Å². The summed E-state index contributed by atoms with van der Waals surface area (Å²) in [7, 11) is 0. The Bertz CT molecular complexity index is 470. The quantitative estimate of drug-likeness (QED) is 0.858. The first-order valence-electron chi connectivity index (χ1n) is 4.70. The number of carboxylic acids is 1. The second-order valence-electron chi connectivity index (χ2n) is 3.53. The summed E-state index contributed by atoms with van der Waals surface area (Å²) in [6, 6.07) is 0. The van der Waals surface area contributed by atoms with Crippen molar-refractivity contribution in [1.82, 2.24) is 4.98 Å². The van der Waals surface area contributed by atoms with Gasteiger partial charge in [0.1, 0.15) is 5.69 Å². The van der Waals surface area contributed by atoms with Gasteiger partial charge in [0.2, 0.25) is 0 Å². The molecule has 1 rings (SSSR count). The average molecular weight is 269 g/mol. The predicted molar refractivity (Wildman–Crippen MR) is 50.3 cm³/mol. The zero-order chi connectivity index (χ0) is 14.1. The van der Waals surface area contributed by atoms with Crippen LogP contribution >= 0.6 is 0 Å². The number of nitrogens with zero attached hydrogens (tertiary/aromatic N) is 1. The van der Waals surface area contributed by atoms with Gasteiger partial charge in [0.25, 0.3) is 6.43 Å². The molecule has 3 nitrogen and oxygen atoms in total. The van der Waals surface area contributed by atoms with Crippen molar-refractivity contribution in [2.45, 2.75) is 25.9 Å². The Morgan fingerprint density at radius 2 is 2.00 bits per heavy atom. The third-order valence-electron chi connectivity index (χ3n) is 2.34. The van der Waals surface area contributed by atoms with Crippen molar-refractivity contribution in [3.05, 3.63) is 28.6 Å². The Labute approximate surface area is 98.3 Å². The molecule has 18 heavy (non-hydrogen) atoms. The van der Waals surface area contributed by atoms with E-state index in [1.807, 2.05) is 0 Å². The Hall–Kier alpha value is -1.73. The summed E-state index contributed by atoms with van der Waals surface area (Å²) in [6.45, 7) is 0.953. The van der Waals surface area contributed by atoms with Crippen molar-refractivity contribution in [1.29, 1.82) is 0 Å². The summed E-state index contributed by atoms with van der Waals surface area (Å²) in [4.78, 5) is 13.5. The summed E-state index contributed by atoms with van der Waals surface area (Å²) < 4.78 is 62.7. The van der Waals surface area contributed by atoms with Crippen LogP contribution in [0.4, 0.5) is 22.0 Å². The van der Waals surface area contributed by atoms with Gasteiger partial charge in [-0.1, -0.05) is 0 Å². The van der Waals surface area contributed by atoms with Gasteiger partial charge in [0.15, 0.2) is 0 Å². The molecule has 1 aromatic heterocycles. The molecule has 0 saturated heterocycles. The molecule has 0 saturated carbocycles. The fraction of sp³-hybridized carbons (Fsp3) is 0.400. The molecule has 0 atom stereocenters. The normalized spacial score (nSPS) is 11.9. The minimum Gasteiger partial charge on any atom is -0.481 e. The van der Waals surface area contributed by atoms with E-state index in [1.54, 1.807) is 0 Å². The number of aromatic nitrogens is 1. The minimum absolute atomic E-state index is 0.294. The van der Waals surface area contributed by atoms with Crippen LogP contribution in [-0.2, 0) is 17.4 Å². The number of rotatable bonds is 3. The predicted octanol–water partition coefficient (Wildman–Crippen LogP) is 2.97. The van der Waals surface area contributed by atoms with Crippen LogP contribution in [0.1, 0.15) is 28.8 Å². The lowest BCUT2D eigenvalue weighted by Gasteiger charge is -2.15. The summed E-state index contributed by atoms with van der Waals surface area (Å²) in [5.41, 5.74) is -3.26. The molecule has 0 fully saturated rings. The van der Waals surface area contributed by atoms with E-state index in [0.29, 0.717) is 6.20 Å². The van der Waals surface area contributed by atoms with E-state index in [1.165, 1.54) is 0 Å². The minimum atomic E-state index is -4.76. The molecule has 0 bridgehead atoms. The first-order valence-corrected chi connectivity index (χ1v) is 4.70. The molecular weight excluding hydrogens is 261 g/mol. The van der Waals surface area contributed by atoms with E-state index in [0.717, 1.165) is 6.92 Å². The number of hydrogen-bond donors (Lipinski definition) is 1. The molecule has 0 aliphatic carbocycles. The lowest BCUT2D eigenvalue weighted by molar-refractivity contribution is -0.139. The topological polar surface area (TPSA) is 50.2 Å². The highest BCUT2D eigenvalue weighted by atomic mass is 19.4. The van der Waals surface area contributed by atoms with Crippen LogP contribution < -0.4 is 0 Å². The largest absolute Gasteiger partial charge is 0.481 e. The molecule has 0 aromatic carbocycles. The van der Waals surface area contributed by atoms with Crippen molar-refractivity contribution in [2.75, 3.05) is 0 Å². The lowest BCUT2D eigenvalue weighted by Crippen LogP contribution is -2.15. The second kappa shape index (κ2) is 4.87. The highest BCUT2D eigenvalue weighted by molar-refractivity contribution is 5.71. The van der Waals surface area contributed by atoms with Gasteiger partial charge < -0.3 is 5.11 Å². The van der Waals surface area contributed by atoms with E-state index in [-0.39, 0.29) is 0 Å². The smallest absolute Gasteiger partial charge is 0.418 e. The summed E-state index contributed by atoms with van der Waals surface area (Å²) >= 11 is 0. The van der Waals surface area contributed by atoms with Gasteiger partial charge in [-0.05, 0) is 18.1 Å². The second-order valence-corrected chi connectivity index (χ2v) is 3.53. The third kappa shape index (κ3) is 2.93. The monoisotopic (exact) mass is 269 g/mol. The molecular formula is C10H8F5NO2. The van der Waals surface area contributed by atoms with Crippen molar-refractivity contribution < 1.29 is 31.9 Å². The highest BCUT2D eigenvalue weighted by Gasteiger charge is 2.35. The number of carboxylic acid groups (broad SMARTS) is 1. The number of halogens is 5. The SMILES string of the molecule is Cc1c(C(F)(F)F)cnc(C(F)F)c1CC(=O)O. The summed E-state index contributed by atoms with van der Waals surface area (Å²) in [5, 5.41) is 8.54.